The topological polar surface area (TPSA) is 157 Å². The zero-order valence-corrected chi connectivity index (χ0v) is 38.6. The van der Waals surface area contributed by atoms with Crippen LogP contribution in [0.1, 0.15) is 78.1 Å². The summed E-state index contributed by atoms with van der Waals surface area (Å²) in [6.45, 7) is 5.11. The van der Waals surface area contributed by atoms with Gasteiger partial charge in [-0.3, -0.25) is 15.1 Å². The summed E-state index contributed by atoms with van der Waals surface area (Å²) in [6, 6.07) is 42.9. The predicted molar refractivity (Wildman–Crippen MR) is 268 cm³/mol. The second-order valence-corrected chi connectivity index (χ2v) is 19.4. The average Bonchev–Trinajstić information content (AvgIpc) is 3.95. The fourth-order valence-electron chi connectivity index (χ4n) is 11.0. The van der Waals surface area contributed by atoms with Crippen molar-refractivity contribution in [2.45, 2.75) is 82.2 Å². The molecule has 5 aliphatic rings. The second kappa shape index (κ2) is 17.0. The molecule has 2 saturated carbocycles. The highest BCUT2D eigenvalue weighted by Gasteiger charge is 2.36. The first-order valence-corrected chi connectivity index (χ1v) is 24.4. The van der Waals surface area contributed by atoms with Gasteiger partial charge < -0.3 is 26.3 Å². The number of hydrogen-bond acceptors (Lipinski definition) is 9. The van der Waals surface area contributed by atoms with Crippen molar-refractivity contribution in [3.63, 3.8) is 0 Å². The number of morpholine rings is 1. The number of aromatic amines is 1. The largest absolute Gasteiger partial charge is 0.427 e. The number of hydrogen-bond donors (Lipinski definition) is 4. The molecular formula is C57H57N9O2. The number of benzene rings is 4. The monoisotopic (exact) mass is 899 g/mol. The van der Waals surface area contributed by atoms with E-state index in [1.165, 1.54) is 39.8 Å². The molecule has 4 aromatic heterocycles. The third-order valence-corrected chi connectivity index (χ3v) is 15.3. The molecule has 68 heavy (non-hydrogen) atoms. The van der Waals surface area contributed by atoms with E-state index >= 15 is 0 Å². The summed E-state index contributed by atoms with van der Waals surface area (Å²) in [6.07, 6.45) is 10.0. The lowest BCUT2D eigenvalue weighted by molar-refractivity contribution is 0.122. The van der Waals surface area contributed by atoms with E-state index in [0.717, 1.165) is 162 Å². The minimum absolute atomic E-state index is 0.153. The molecule has 0 unspecified atom stereocenters. The molecule has 5 heterocycles. The Hall–Kier alpha value is -6.92. The number of anilines is 1. The lowest BCUT2D eigenvalue weighted by Crippen LogP contribution is -2.43. The maximum absolute atomic E-state index is 10.4. The third kappa shape index (κ3) is 7.40. The van der Waals surface area contributed by atoms with Gasteiger partial charge >= 0.3 is 0 Å². The van der Waals surface area contributed by atoms with Crippen molar-refractivity contribution in [3.8, 4) is 67.3 Å². The number of nitrogens with zero attached hydrogens (tertiary/aromatic N) is 6. The number of aromatic nitrogens is 6. The van der Waals surface area contributed by atoms with E-state index in [2.05, 4.69) is 130 Å². The van der Waals surface area contributed by atoms with Gasteiger partial charge in [-0.25, -0.2) is 4.98 Å². The Labute approximate surface area is 397 Å². The quantitative estimate of drug-likeness (QED) is 0.114. The van der Waals surface area contributed by atoms with E-state index in [-0.39, 0.29) is 11.1 Å². The van der Waals surface area contributed by atoms with Crippen molar-refractivity contribution in [3.05, 3.63) is 161 Å². The molecule has 1 saturated heterocycles. The van der Waals surface area contributed by atoms with Crippen molar-refractivity contribution >= 4 is 5.82 Å². The van der Waals surface area contributed by atoms with Gasteiger partial charge in [0.15, 0.2) is 5.82 Å². The van der Waals surface area contributed by atoms with Gasteiger partial charge in [-0.15, -0.1) is 0 Å². The summed E-state index contributed by atoms with van der Waals surface area (Å²) >= 11 is 0. The van der Waals surface area contributed by atoms with Crippen LogP contribution in [0.3, 0.4) is 0 Å². The highest BCUT2D eigenvalue weighted by molar-refractivity contribution is 5.88. The van der Waals surface area contributed by atoms with Gasteiger partial charge in [-0.1, -0.05) is 109 Å². The van der Waals surface area contributed by atoms with Crippen molar-refractivity contribution < 1.29 is 9.94 Å². The molecule has 342 valence electrons. The lowest BCUT2D eigenvalue weighted by atomic mass is 9.72. The van der Waals surface area contributed by atoms with Gasteiger partial charge in [-0.2, -0.15) is 9.83 Å². The highest BCUT2D eigenvalue weighted by Crippen LogP contribution is 2.45. The summed E-state index contributed by atoms with van der Waals surface area (Å²) in [5.41, 5.74) is 32.4. The molecule has 11 heteroatoms. The van der Waals surface area contributed by atoms with Crippen LogP contribution in [0, 0.1) is 6.92 Å². The van der Waals surface area contributed by atoms with Crippen molar-refractivity contribution in [1.29, 1.82) is 0 Å². The third-order valence-electron chi connectivity index (χ3n) is 15.3. The van der Waals surface area contributed by atoms with Crippen LogP contribution in [0.5, 0.6) is 0 Å². The van der Waals surface area contributed by atoms with Gasteiger partial charge in [-0.05, 0) is 106 Å². The van der Waals surface area contributed by atoms with Crippen LogP contribution < -0.4 is 16.4 Å². The van der Waals surface area contributed by atoms with E-state index < -0.39 is 0 Å². The smallest absolute Gasteiger partial charge is 0.154 e. The van der Waals surface area contributed by atoms with Crippen LogP contribution in [0.4, 0.5) is 5.82 Å². The fourth-order valence-corrected chi connectivity index (χ4v) is 11.0. The molecule has 0 bridgehead atoms. The predicted octanol–water partition coefficient (Wildman–Crippen LogP) is 10.3. The molecule has 0 radical (unpaired) electrons. The first-order chi connectivity index (χ1) is 33.2. The molecule has 3 fully saturated rings. The van der Waals surface area contributed by atoms with E-state index in [0.29, 0.717) is 5.82 Å². The van der Waals surface area contributed by atoms with Crippen molar-refractivity contribution in [2.24, 2.45) is 11.5 Å². The Bertz CT molecular complexity index is 3150. The lowest BCUT2D eigenvalue weighted by Gasteiger charge is -2.38. The molecule has 1 aliphatic heterocycles. The Balaban J connectivity index is 0.000000142. The van der Waals surface area contributed by atoms with E-state index in [1.807, 2.05) is 13.0 Å². The van der Waals surface area contributed by atoms with Gasteiger partial charge in [0, 0.05) is 63.1 Å². The second-order valence-electron chi connectivity index (χ2n) is 19.4. The molecule has 4 aliphatic carbocycles. The Morgan fingerprint density at radius 2 is 1.09 bits per heavy atom. The van der Waals surface area contributed by atoms with Gasteiger partial charge in [0.05, 0.1) is 53.1 Å². The minimum atomic E-state index is -0.165. The summed E-state index contributed by atoms with van der Waals surface area (Å²) in [5.74, 6) is 1.68. The van der Waals surface area contributed by atoms with E-state index in [9.17, 15) is 5.21 Å². The molecule has 0 spiro atoms. The SMILES string of the molecule is Cc1nc2c(n1O)CCc1nc(-c3ccc(C4(N)CCC4)cc3)c(-c3ccccc3)cc1-2.NC1(c2ccc(-c3nc4c(cc3-c3ccccc3)-c3[nH]nc(N5CCOCC5)c3CC4)cc2)CCC1. The van der Waals surface area contributed by atoms with E-state index in [1.54, 1.807) is 0 Å². The molecule has 8 aromatic rings. The normalized spacial score (nSPS) is 17.3. The van der Waals surface area contributed by atoms with Crippen LogP contribution in [0.15, 0.2) is 121 Å². The van der Waals surface area contributed by atoms with Gasteiger partial charge in [0.1, 0.15) is 5.82 Å². The number of fused-ring (bicyclic) bond motifs is 6. The Kier molecular flexibility index (Phi) is 10.6. The van der Waals surface area contributed by atoms with Crippen LogP contribution >= 0.6 is 0 Å². The Morgan fingerprint density at radius 1 is 0.574 bits per heavy atom. The van der Waals surface area contributed by atoms with Crippen LogP contribution in [0.2, 0.25) is 0 Å². The first kappa shape index (κ1) is 42.4. The number of ether oxygens (including phenoxy) is 1. The number of nitrogens with one attached hydrogen (secondary N) is 1. The maximum atomic E-state index is 10.4. The minimum Gasteiger partial charge on any atom is -0.427 e. The van der Waals surface area contributed by atoms with Gasteiger partial charge in [0.25, 0.3) is 0 Å². The number of pyridine rings is 2. The molecule has 11 nitrogen and oxygen atoms in total. The number of rotatable bonds is 7. The summed E-state index contributed by atoms with van der Waals surface area (Å²) < 4.78 is 6.78. The number of aryl methyl sites for hydroxylation is 3. The molecule has 0 atom stereocenters. The maximum Gasteiger partial charge on any atom is 0.154 e. The number of imidazole rings is 1. The molecule has 6 N–H and O–H groups in total. The molecular weight excluding hydrogens is 843 g/mol. The summed E-state index contributed by atoms with van der Waals surface area (Å²) in [5, 5.41) is 18.5. The fraction of sp³-hybridized carbons (Fsp3) is 0.298. The first-order valence-electron chi connectivity index (χ1n) is 24.4. The summed E-state index contributed by atoms with van der Waals surface area (Å²) in [7, 11) is 0. The van der Waals surface area contributed by atoms with Gasteiger partial charge in [0.2, 0.25) is 0 Å². The standard InChI is InChI=1S/C30H31N5O.C27H26N4O/c31-30(13-4-14-30)22-9-7-21(8-10-22)27-24(20-5-2-1-3-6-20)19-25-26(32-27)12-11-23-28(25)33-34-29(23)35-15-17-36-18-16-35;1-17-29-26-22-16-21(18-6-3-2-4-7-18)25(30-23(22)12-13-24(26)31(17)32)19-8-10-20(11-9-19)27(28)14-5-15-27/h1-3,5-10,19H,4,11-18,31H2,(H,33,34);2-4,6-11,16,32H,5,12-15,28H2,1H3. The van der Waals surface area contributed by atoms with E-state index in [4.69, 9.17) is 31.3 Å². The average molecular weight is 900 g/mol. The molecule has 4 aromatic carbocycles. The zero-order chi connectivity index (χ0) is 46.0. The summed E-state index contributed by atoms with van der Waals surface area (Å²) in [4.78, 5) is 17.4. The number of H-pyrrole nitrogens is 1. The Morgan fingerprint density at radius 3 is 1.62 bits per heavy atom. The van der Waals surface area contributed by atoms with Crippen molar-refractivity contribution in [1.82, 2.24) is 29.9 Å². The zero-order valence-electron chi connectivity index (χ0n) is 38.6. The van der Waals surface area contributed by atoms with Crippen molar-refractivity contribution in [2.75, 3.05) is 31.2 Å². The molecule has 0 amide bonds. The number of nitrogens with two attached hydrogens (primary N) is 2. The van der Waals surface area contributed by atoms with Crippen LogP contribution in [-0.2, 0) is 41.5 Å². The van der Waals surface area contributed by atoms with Crippen LogP contribution in [0.25, 0.3) is 67.3 Å². The molecule has 13 rings (SSSR count). The van der Waals surface area contributed by atoms with Crippen LogP contribution in [-0.4, -0.2) is 61.4 Å². The highest BCUT2D eigenvalue weighted by atomic mass is 16.5.